The lowest BCUT2D eigenvalue weighted by molar-refractivity contribution is -0.144. The predicted octanol–water partition coefficient (Wildman–Crippen LogP) is 2.26. The number of H-pyrrole nitrogens is 1. The van der Waals surface area contributed by atoms with Crippen molar-refractivity contribution in [3.63, 3.8) is 0 Å². The number of benzene rings is 1. The van der Waals surface area contributed by atoms with Gasteiger partial charge in [-0.1, -0.05) is 30.3 Å². The highest BCUT2D eigenvalue weighted by Gasteiger charge is 2.44. The van der Waals surface area contributed by atoms with E-state index in [1.54, 1.807) is 18.5 Å². The number of aromatic nitrogens is 3. The smallest absolute Gasteiger partial charge is 0.256 e. The molecule has 28 heavy (non-hydrogen) atoms. The second-order valence-corrected chi connectivity index (χ2v) is 7.54. The molecule has 0 saturated carbocycles. The summed E-state index contributed by atoms with van der Waals surface area (Å²) < 4.78 is 0. The molecule has 0 bridgehead atoms. The lowest BCUT2D eigenvalue weighted by Gasteiger charge is -2.41. The van der Waals surface area contributed by atoms with E-state index in [4.69, 9.17) is 0 Å². The fraction of sp³-hybridized carbons (Fsp3) is 0.381. The number of likely N-dealkylation sites (tertiary alicyclic amines) is 1. The maximum Gasteiger partial charge on any atom is 0.256 e. The Morgan fingerprint density at radius 3 is 2.82 bits per heavy atom. The van der Waals surface area contributed by atoms with Crippen LogP contribution in [0.15, 0.2) is 48.9 Å². The van der Waals surface area contributed by atoms with E-state index >= 15 is 0 Å². The molecular formula is C21H23N5O2. The largest absolute Gasteiger partial charge is 0.378 e. The summed E-state index contributed by atoms with van der Waals surface area (Å²) in [6.45, 7) is 1.54. The van der Waals surface area contributed by atoms with Gasteiger partial charge in [0.2, 0.25) is 0 Å². The summed E-state index contributed by atoms with van der Waals surface area (Å²) in [5.41, 5.74) is 1.48. The number of carbonyl (C=O) groups is 1. The van der Waals surface area contributed by atoms with Crippen LogP contribution in [0, 0.1) is 0 Å². The molecule has 3 atom stereocenters. The van der Waals surface area contributed by atoms with Crippen LogP contribution >= 0.6 is 0 Å². The van der Waals surface area contributed by atoms with Crippen molar-refractivity contribution in [2.24, 2.45) is 0 Å². The first-order chi connectivity index (χ1) is 13.7. The third-order valence-electron chi connectivity index (χ3n) is 6.05. The molecular weight excluding hydrogens is 354 g/mol. The summed E-state index contributed by atoms with van der Waals surface area (Å²) in [5.74, 6) is 0.730. The quantitative estimate of drug-likeness (QED) is 0.731. The minimum Gasteiger partial charge on any atom is -0.378 e. The Hall–Kier alpha value is -2.93. The highest BCUT2D eigenvalue weighted by molar-refractivity contribution is 5.88. The van der Waals surface area contributed by atoms with Crippen molar-refractivity contribution in [1.82, 2.24) is 19.9 Å². The first-order valence-electron chi connectivity index (χ1n) is 9.82. The monoisotopic (exact) mass is 377 g/mol. The Morgan fingerprint density at radius 2 is 1.96 bits per heavy atom. The Labute approximate surface area is 163 Å². The summed E-state index contributed by atoms with van der Waals surface area (Å²) in [6, 6.07) is 11.5. The summed E-state index contributed by atoms with van der Waals surface area (Å²) in [7, 11) is 0. The molecule has 1 unspecified atom stereocenters. The summed E-state index contributed by atoms with van der Waals surface area (Å²) in [5, 5.41) is 11.6. The molecule has 1 aromatic carbocycles. The fourth-order valence-electron chi connectivity index (χ4n) is 4.74. The molecule has 7 nitrogen and oxygen atoms in total. The number of amides is 1. The number of aliphatic hydroxyl groups is 1. The van der Waals surface area contributed by atoms with Crippen LogP contribution in [0.4, 0.5) is 5.82 Å². The third-order valence-corrected chi connectivity index (χ3v) is 6.05. The number of aromatic amines is 1. The normalized spacial score (nSPS) is 23.0. The molecule has 2 aliphatic rings. The van der Waals surface area contributed by atoms with Crippen LogP contribution in [-0.2, 0) is 4.79 Å². The van der Waals surface area contributed by atoms with Gasteiger partial charge in [-0.2, -0.15) is 0 Å². The van der Waals surface area contributed by atoms with Gasteiger partial charge in [0.05, 0.1) is 17.5 Å². The number of hydrogen-bond donors (Lipinski definition) is 2. The lowest BCUT2D eigenvalue weighted by Crippen LogP contribution is -2.53. The molecule has 144 valence electrons. The fourth-order valence-corrected chi connectivity index (χ4v) is 4.74. The molecule has 5 rings (SSSR count). The molecule has 2 aliphatic heterocycles. The molecule has 2 aromatic heterocycles. The second-order valence-electron chi connectivity index (χ2n) is 7.54. The number of nitrogens with one attached hydrogen (secondary N) is 1. The van der Waals surface area contributed by atoms with Crippen LogP contribution in [0.3, 0.4) is 0 Å². The van der Waals surface area contributed by atoms with Gasteiger partial charge >= 0.3 is 0 Å². The molecule has 7 heteroatoms. The molecule has 0 aliphatic carbocycles. The van der Waals surface area contributed by atoms with Crippen molar-refractivity contribution in [3.05, 3.63) is 54.5 Å². The highest BCUT2D eigenvalue weighted by atomic mass is 16.3. The zero-order chi connectivity index (χ0) is 19.1. The number of fused-ring (bicyclic) bond motifs is 2. The zero-order valence-corrected chi connectivity index (χ0v) is 15.5. The van der Waals surface area contributed by atoms with Crippen molar-refractivity contribution in [2.75, 3.05) is 18.0 Å². The lowest BCUT2D eigenvalue weighted by atomic mass is 9.95. The van der Waals surface area contributed by atoms with Gasteiger partial charge in [0.25, 0.3) is 5.91 Å². The van der Waals surface area contributed by atoms with Crippen LogP contribution < -0.4 is 4.90 Å². The third kappa shape index (κ3) is 2.74. The Balaban J connectivity index is 1.41. The van der Waals surface area contributed by atoms with E-state index in [1.165, 1.54) is 0 Å². The predicted molar refractivity (Wildman–Crippen MR) is 106 cm³/mol. The Morgan fingerprint density at radius 1 is 1.11 bits per heavy atom. The van der Waals surface area contributed by atoms with Crippen molar-refractivity contribution in [3.8, 4) is 0 Å². The van der Waals surface area contributed by atoms with E-state index in [9.17, 15) is 9.90 Å². The number of anilines is 1. The molecule has 2 N–H and O–H groups in total. The van der Waals surface area contributed by atoms with Gasteiger partial charge in [-0.25, -0.2) is 9.97 Å². The van der Waals surface area contributed by atoms with E-state index in [1.807, 2.05) is 35.4 Å². The first-order valence-corrected chi connectivity index (χ1v) is 9.82. The molecule has 4 heterocycles. The van der Waals surface area contributed by atoms with Gasteiger partial charge in [0, 0.05) is 19.3 Å². The number of aliphatic hydroxyl groups excluding tert-OH is 1. The minimum absolute atomic E-state index is 0.101. The Kier molecular flexibility index (Phi) is 4.24. The van der Waals surface area contributed by atoms with Gasteiger partial charge in [0.15, 0.2) is 6.10 Å². The molecule has 0 radical (unpaired) electrons. The molecule has 2 saturated heterocycles. The molecule has 3 aromatic rings. The highest BCUT2D eigenvalue weighted by Crippen LogP contribution is 2.36. The molecule has 2 fully saturated rings. The van der Waals surface area contributed by atoms with Crippen molar-refractivity contribution >= 4 is 22.8 Å². The molecule has 1 amide bonds. The number of carbonyl (C=O) groups excluding carboxylic acids is 1. The maximum atomic E-state index is 13.1. The van der Waals surface area contributed by atoms with E-state index < -0.39 is 6.10 Å². The average molecular weight is 377 g/mol. The van der Waals surface area contributed by atoms with E-state index in [0.29, 0.717) is 12.1 Å². The number of rotatable bonds is 3. The number of piperidine rings is 1. The number of nitrogens with zero attached hydrogens (tertiary/aromatic N) is 4. The van der Waals surface area contributed by atoms with Crippen molar-refractivity contribution in [2.45, 2.75) is 37.5 Å². The summed E-state index contributed by atoms with van der Waals surface area (Å²) >= 11 is 0. The van der Waals surface area contributed by atoms with Crippen molar-refractivity contribution in [1.29, 1.82) is 0 Å². The molecule has 0 spiro atoms. The Bertz CT molecular complexity index is 989. The second kappa shape index (κ2) is 6.91. The van der Waals surface area contributed by atoms with Crippen LogP contribution in [0.25, 0.3) is 11.0 Å². The van der Waals surface area contributed by atoms with Gasteiger partial charge < -0.3 is 19.9 Å². The van der Waals surface area contributed by atoms with Crippen LogP contribution in [0.1, 0.15) is 30.9 Å². The minimum atomic E-state index is -1.11. The van der Waals surface area contributed by atoms with Gasteiger partial charge in [0.1, 0.15) is 17.8 Å². The zero-order valence-electron chi connectivity index (χ0n) is 15.5. The summed E-state index contributed by atoms with van der Waals surface area (Å²) in [4.78, 5) is 29.3. The summed E-state index contributed by atoms with van der Waals surface area (Å²) in [6.07, 6.45) is 5.19. The average Bonchev–Trinajstić information content (AvgIpc) is 3.40. The van der Waals surface area contributed by atoms with Crippen LogP contribution in [0.2, 0.25) is 0 Å². The van der Waals surface area contributed by atoms with Gasteiger partial charge in [-0.05, 0) is 30.9 Å². The van der Waals surface area contributed by atoms with Crippen LogP contribution in [0.5, 0.6) is 0 Å². The SMILES string of the molecule is O=C(C(O)c1ccccc1)N1CCC[C@@H]2[C@H]1CCN2c1ncnc2[nH]ccc12. The topological polar surface area (TPSA) is 85.3 Å². The van der Waals surface area contributed by atoms with E-state index in [-0.39, 0.29) is 18.0 Å². The van der Waals surface area contributed by atoms with Gasteiger partial charge in [-0.3, -0.25) is 4.79 Å². The van der Waals surface area contributed by atoms with E-state index in [2.05, 4.69) is 19.9 Å². The first kappa shape index (κ1) is 17.2. The van der Waals surface area contributed by atoms with Crippen LogP contribution in [-0.4, -0.2) is 56.0 Å². The standard InChI is InChI=1S/C21H23N5O2/c27-18(14-5-2-1-3-6-14)21(28)26-11-4-7-16-17(26)9-12-25(16)20-15-8-10-22-19(15)23-13-24-20/h1-3,5-6,8,10,13,16-18,27H,4,7,9,11-12H2,(H,22,23,24)/t16-,17-,18?/m1/s1. The van der Waals surface area contributed by atoms with Crippen molar-refractivity contribution < 1.29 is 9.90 Å². The van der Waals surface area contributed by atoms with Gasteiger partial charge in [-0.15, -0.1) is 0 Å². The number of hydrogen-bond acceptors (Lipinski definition) is 5. The maximum absolute atomic E-state index is 13.1. The van der Waals surface area contributed by atoms with E-state index in [0.717, 1.165) is 42.7 Å².